The highest BCUT2D eigenvalue weighted by Gasteiger charge is 2.09. The average molecular weight is 292 g/mol. The lowest BCUT2D eigenvalue weighted by Crippen LogP contribution is -1.94. The van der Waals surface area contributed by atoms with E-state index in [-0.39, 0.29) is 0 Å². The molecule has 3 aromatic rings. The van der Waals surface area contributed by atoms with Crippen LogP contribution in [0.4, 0.5) is 11.6 Å². The summed E-state index contributed by atoms with van der Waals surface area (Å²) < 4.78 is 0. The predicted molar refractivity (Wildman–Crippen MR) is 80.6 cm³/mol. The number of hydrogen-bond donors (Lipinski definition) is 2. The Morgan fingerprint density at radius 2 is 1.74 bits per heavy atom. The lowest BCUT2D eigenvalue weighted by Gasteiger charge is -2.06. The number of benzene rings is 2. The van der Waals surface area contributed by atoms with Crippen LogP contribution in [0.3, 0.4) is 0 Å². The maximum absolute atomic E-state index is 6.12. The van der Waals surface area contributed by atoms with Gasteiger partial charge in [0.05, 0.1) is 26.8 Å². The molecule has 0 fully saturated rings. The molecule has 0 aliphatic rings. The van der Waals surface area contributed by atoms with Gasteiger partial charge in [-0.2, -0.15) is 0 Å². The van der Waals surface area contributed by atoms with Crippen LogP contribution >= 0.6 is 23.2 Å². The van der Waals surface area contributed by atoms with Crippen molar-refractivity contribution >= 4 is 45.9 Å². The molecule has 2 aromatic carbocycles. The van der Waals surface area contributed by atoms with Gasteiger partial charge in [0.25, 0.3) is 0 Å². The molecule has 0 atom stereocenters. The molecule has 0 amide bonds. The number of para-hydroxylation sites is 2. The molecule has 3 nitrogen and oxygen atoms in total. The molecular formula is C14H11Cl2N3. The summed E-state index contributed by atoms with van der Waals surface area (Å²) in [6.45, 7) is 2.02. The highest BCUT2D eigenvalue weighted by atomic mass is 35.5. The van der Waals surface area contributed by atoms with Crippen LogP contribution in [0.15, 0.2) is 36.4 Å². The molecule has 0 saturated heterocycles. The van der Waals surface area contributed by atoms with Crippen molar-refractivity contribution in [1.82, 2.24) is 9.97 Å². The number of aryl methyl sites for hydroxylation is 1. The molecule has 0 saturated carbocycles. The van der Waals surface area contributed by atoms with Crippen molar-refractivity contribution in [3.8, 4) is 0 Å². The Kier molecular flexibility index (Phi) is 3.09. The second-order valence-corrected chi connectivity index (χ2v) is 5.09. The number of nitrogens with zero attached hydrogens (tertiary/aromatic N) is 1. The number of imidazole rings is 1. The van der Waals surface area contributed by atoms with Crippen molar-refractivity contribution in [3.05, 3.63) is 52.0 Å². The maximum Gasteiger partial charge on any atom is 0.205 e. The molecule has 0 aliphatic heterocycles. The fourth-order valence-electron chi connectivity index (χ4n) is 1.97. The van der Waals surface area contributed by atoms with Gasteiger partial charge in [0, 0.05) is 0 Å². The number of fused-ring (bicyclic) bond motifs is 1. The summed E-state index contributed by atoms with van der Waals surface area (Å²) in [6.07, 6.45) is 0. The molecule has 1 heterocycles. The third-order valence-corrected chi connectivity index (χ3v) is 3.55. The van der Waals surface area contributed by atoms with Crippen LogP contribution in [0.5, 0.6) is 0 Å². The lowest BCUT2D eigenvalue weighted by molar-refractivity contribution is 1.31. The van der Waals surface area contributed by atoms with Gasteiger partial charge < -0.3 is 10.3 Å². The van der Waals surface area contributed by atoms with E-state index in [1.165, 1.54) is 0 Å². The molecule has 0 bridgehead atoms. The van der Waals surface area contributed by atoms with Gasteiger partial charge in [0.2, 0.25) is 5.95 Å². The number of hydrogen-bond acceptors (Lipinski definition) is 2. The SMILES string of the molecule is Cc1cccc2[nH]c(Nc3c(Cl)cccc3Cl)nc12. The zero-order valence-electron chi connectivity index (χ0n) is 10.2. The van der Waals surface area contributed by atoms with Crippen LogP contribution in [0, 0.1) is 6.92 Å². The number of aromatic amines is 1. The van der Waals surface area contributed by atoms with Crippen LogP contribution in [0.1, 0.15) is 5.56 Å². The number of aromatic nitrogens is 2. The Morgan fingerprint density at radius 1 is 1.05 bits per heavy atom. The summed E-state index contributed by atoms with van der Waals surface area (Å²) in [5.41, 5.74) is 3.69. The van der Waals surface area contributed by atoms with Crippen LogP contribution in [-0.2, 0) is 0 Å². The largest absolute Gasteiger partial charge is 0.324 e. The van der Waals surface area contributed by atoms with Gasteiger partial charge in [-0.05, 0) is 30.7 Å². The van der Waals surface area contributed by atoms with Crippen molar-refractivity contribution in [2.24, 2.45) is 0 Å². The van der Waals surface area contributed by atoms with Gasteiger partial charge in [0.1, 0.15) is 0 Å². The number of nitrogens with one attached hydrogen (secondary N) is 2. The number of rotatable bonds is 2. The van der Waals surface area contributed by atoms with Crippen LogP contribution in [-0.4, -0.2) is 9.97 Å². The minimum absolute atomic E-state index is 0.560. The molecule has 0 aliphatic carbocycles. The monoisotopic (exact) mass is 291 g/mol. The first-order chi connectivity index (χ1) is 9.15. The Balaban J connectivity index is 2.04. The van der Waals surface area contributed by atoms with Gasteiger partial charge in [-0.25, -0.2) is 4.98 Å². The fourth-order valence-corrected chi connectivity index (χ4v) is 2.46. The van der Waals surface area contributed by atoms with Crippen molar-refractivity contribution < 1.29 is 0 Å². The van der Waals surface area contributed by atoms with Crippen LogP contribution in [0.2, 0.25) is 10.0 Å². The minimum atomic E-state index is 0.560. The van der Waals surface area contributed by atoms with E-state index in [1.807, 2.05) is 25.1 Å². The quantitative estimate of drug-likeness (QED) is 0.703. The smallest absolute Gasteiger partial charge is 0.205 e. The molecule has 0 unspecified atom stereocenters. The van der Waals surface area contributed by atoms with Gasteiger partial charge >= 0.3 is 0 Å². The van der Waals surface area contributed by atoms with Gasteiger partial charge in [-0.1, -0.05) is 41.4 Å². The zero-order chi connectivity index (χ0) is 13.4. The fraction of sp³-hybridized carbons (Fsp3) is 0.0714. The minimum Gasteiger partial charge on any atom is -0.324 e. The summed E-state index contributed by atoms with van der Waals surface area (Å²) in [7, 11) is 0. The van der Waals surface area contributed by atoms with E-state index in [9.17, 15) is 0 Å². The molecule has 3 rings (SSSR count). The zero-order valence-corrected chi connectivity index (χ0v) is 11.7. The van der Waals surface area contributed by atoms with Crippen LogP contribution < -0.4 is 5.32 Å². The van der Waals surface area contributed by atoms with Gasteiger partial charge in [0.15, 0.2) is 0 Å². The van der Waals surface area contributed by atoms with E-state index in [4.69, 9.17) is 23.2 Å². The standard InChI is InChI=1S/C14H11Cl2N3/c1-8-4-2-7-11-12(8)18-14(17-11)19-13-9(15)5-3-6-10(13)16/h2-7H,1H3,(H2,17,18,19). The van der Waals surface area contributed by atoms with E-state index in [1.54, 1.807) is 18.2 Å². The molecule has 96 valence electrons. The normalized spacial score (nSPS) is 10.9. The number of H-pyrrole nitrogens is 1. The lowest BCUT2D eigenvalue weighted by atomic mass is 10.2. The van der Waals surface area contributed by atoms with E-state index in [0.717, 1.165) is 16.6 Å². The second-order valence-electron chi connectivity index (χ2n) is 4.28. The first-order valence-corrected chi connectivity index (χ1v) is 6.57. The molecular weight excluding hydrogens is 281 g/mol. The summed E-state index contributed by atoms with van der Waals surface area (Å²) in [5.74, 6) is 0.624. The molecule has 1 aromatic heterocycles. The topological polar surface area (TPSA) is 40.7 Å². The number of anilines is 2. The summed E-state index contributed by atoms with van der Waals surface area (Å²) in [4.78, 5) is 7.71. The van der Waals surface area contributed by atoms with Crippen molar-refractivity contribution in [1.29, 1.82) is 0 Å². The summed E-state index contributed by atoms with van der Waals surface area (Å²) >= 11 is 12.2. The summed E-state index contributed by atoms with van der Waals surface area (Å²) in [5, 5.41) is 4.25. The van der Waals surface area contributed by atoms with E-state index >= 15 is 0 Å². The van der Waals surface area contributed by atoms with Crippen molar-refractivity contribution in [2.45, 2.75) is 6.92 Å². The highest BCUT2D eigenvalue weighted by molar-refractivity contribution is 6.39. The number of halogens is 2. The molecule has 19 heavy (non-hydrogen) atoms. The third kappa shape index (κ3) is 2.27. The van der Waals surface area contributed by atoms with Gasteiger partial charge in [-0.15, -0.1) is 0 Å². The predicted octanol–water partition coefficient (Wildman–Crippen LogP) is 4.92. The first kappa shape index (κ1) is 12.3. The summed E-state index contributed by atoms with van der Waals surface area (Å²) in [6, 6.07) is 11.4. The first-order valence-electron chi connectivity index (χ1n) is 5.81. The van der Waals surface area contributed by atoms with E-state index in [0.29, 0.717) is 21.7 Å². The van der Waals surface area contributed by atoms with Crippen molar-refractivity contribution in [3.63, 3.8) is 0 Å². The third-order valence-electron chi connectivity index (χ3n) is 2.92. The second kappa shape index (κ2) is 4.76. The maximum atomic E-state index is 6.12. The van der Waals surface area contributed by atoms with E-state index < -0.39 is 0 Å². The molecule has 0 spiro atoms. The molecule has 0 radical (unpaired) electrons. The molecule has 2 N–H and O–H groups in total. The van der Waals surface area contributed by atoms with Crippen molar-refractivity contribution in [2.75, 3.05) is 5.32 Å². The highest BCUT2D eigenvalue weighted by Crippen LogP contribution is 2.32. The van der Waals surface area contributed by atoms with Gasteiger partial charge in [-0.3, -0.25) is 0 Å². The Morgan fingerprint density at radius 3 is 2.42 bits per heavy atom. The Bertz CT molecular complexity index is 729. The average Bonchev–Trinajstić information content (AvgIpc) is 2.78. The molecule has 5 heteroatoms. The Hall–Kier alpha value is -1.71. The van der Waals surface area contributed by atoms with Crippen LogP contribution in [0.25, 0.3) is 11.0 Å². The Labute approximate surface area is 120 Å². The van der Waals surface area contributed by atoms with E-state index in [2.05, 4.69) is 15.3 Å².